The Balaban J connectivity index is 1.97. The first kappa shape index (κ1) is 26.1. The second-order valence-corrected chi connectivity index (χ2v) is 9.06. The number of amides is 1. The zero-order chi connectivity index (χ0) is 26.7. The number of Topliss-reactive ketones (excluding diaryl/α,β-unsaturated/α-hetero) is 1. The van der Waals surface area contributed by atoms with E-state index in [0.29, 0.717) is 29.2 Å². The molecule has 3 aromatic rings. The van der Waals surface area contributed by atoms with Crippen molar-refractivity contribution >= 4 is 46.3 Å². The number of hydrogen-bond acceptors (Lipinski definition) is 6. The number of anilines is 1. The molecule has 1 saturated heterocycles. The van der Waals surface area contributed by atoms with Crippen LogP contribution in [-0.2, 0) is 9.59 Å². The Bertz CT molecular complexity index is 1440. The largest absolute Gasteiger partial charge is 0.507 e. The van der Waals surface area contributed by atoms with Gasteiger partial charge in [0.15, 0.2) is 0 Å². The summed E-state index contributed by atoms with van der Waals surface area (Å²) in [6.07, 6.45) is 0.795. The van der Waals surface area contributed by atoms with Gasteiger partial charge in [-0.3, -0.25) is 14.5 Å². The lowest BCUT2D eigenvalue weighted by Crippen LogP contribution is -2.29. The fourth-order valence-corrected chi connectivity index (χ4v) is 4.76. The molecule has 0 radical (unpaired) electrons. The van der Waals surface area contributed by atoms with Crippen molar-refractivity contribution < 1.29 is 24.2 Å². The van der Waals surface area contributed by atoms with E-state index in [2.05, 4.69) is 0 Å². The Morgan fingerprint density at radius 2 is 1.84 bits per heavy atom. The van der Waals surface area contributed by atoms with Gasteiger partial charge in [0.2, 0.25) is 0 Å². The highest BCUT2D eigenvalue weighted by molar-refractivity contribution is 6.52. The van der Waals surface area contributed by atoms with E-state index in [-0.39, 0.29) is 26.9 Å². The van der Waals surface area contributed by atoms with Gasteiger partial charge in [0.05, 0.1) is 47.6 Å². The van der Waals surface area contributed by atoms with E-state index < -0.39 is 23.5 Å². The van der Waals surface area contributed by atoms with E-state index >= 15 is 0 Å². The predicted molar refractivity (Wildman–Crippen MR) is 141 cm³/mol. The lowest BCUT2D eigenvalue weighted by Gasteiger charge is -2.26. The predicted octanol–water partition coefficient (Wildman–Crippen LogP) is 6.29. The van der Waals surface area contributed by atoms with Crippen LogP contribution in [0.1, 0.15) is 36.1 Å². The number of ketones is 1. The maximum atomic E-state index is 13.4. The van der Waals surface area contributed by atoms with Gasteiger partial charge in [-0.15, -0.1) is 0 Å². The van der Waals surface area contributed by atoms with Crippen molar-refractivity contribution in [3.8, 4) is 17.6 Å². The monoisotopic (exact) mass is 536 g/mol. The van der Waals surface area contributed by atoms with Crippen molar-refractivity contribution in [2.24, 2.45) is 0 Å². The smallest absolute Gasteiger partial charge is 0.300 e. The number of ether oxygens (including phenoxy) is 2. The van der Waals surface area contributed by atoms with Crippen LogP contribution in [0.4, 0.5) is 5.69 Å². The summed E-state index contributed by atoms with van der Waals surface area (Å²) in [6, 6.07) is 17.1. The topological polar surface area (TPSA) is 99.9 Å². The molecule has 0 aromatic heterocycles. The lowest BCUT2D eigenvalue weighted by atomic mass is 9.94. The Hall–Kier alpha value is -3.99. The number of methoxy groups -OCH3 is 1. The number of nitriles is 1. The minimum Gasteiger partial charge on any atom is -0.507 e. The summed E-state index contributed by atoms with van der Waals surface area (Å²) >= 11 is 12.5. The fourth-order valence-electron chi connectivity index (χ4n) is 4.19. The molecular weight excluding hydrogens is 515 g/mol. The van der Waals surface area contributed by atoms with Gasteiger partial charge in [0, 0.05) is 10.7 Å². The summed E-state index contributed by atoms with van der Waals surface area (Å²) in [5, 5.41) is 21.0. The normalized spacial score (nSPS) is 16.5. The Morgan fingerprint density at radius 1 is 1.11 bits per heavy atom. The summed E-state index contributed by atoms with van der Waals surface area (Å²) < 4.78 is 11.1. The molecule has 1 aliphatic heterocycles. The van der Waals surface area contributed by atoms with Crippen LogP contribution in [0.2, 0.25) is 10.0 Å². The van der Waals surface area contributed by atoms with E-state index in [1.54, 1.807) is 48.5 Å². The second kappa shape index (κ2) is 11.0. The first-order valence-electron chi connectivity index (χ1n) is 11.4. The molecule has 9 heteroatoms. The summed E-state index contributed by atoms with van der Waals surface area (Å²) in [6.45, 7) is 2.46. The third-order valence-corrected chi connectivity index (χ3v) is 6.33. The number of rotatable bonds is 7. The number of hydrogen-bond donors (Lipinski definition) is 1. The molecule has 0 aliphatic carbocycles. The molecule has 1 fully saturated rings. The molecule has 7 nitrogen and oxygen atoms in total. The van der Waals surface area contributed by atoms with Gasteiger partial charge in [-0.05, 0) is 60.5 Å². The Labute approximate surface area is 224 Å². The number of aliphatic hydroxyl groups excluding tert-OH is 1. The zero-order valence-corrected chi connectivity index (χ0v) is 21.5. The number of aliphatic hydroxyl groups is 1. The van der Waals surface area contributed by atoms with Crippen molar-refractivity contribution in [3.05, 3.63) is 93.0 Å². The molecule has 0 spiro atoms. The van der Waals surface area contributed by atoms with Gasteiger partial charge in [-0.25, -0.2) is 0 Å². The summed E-state index contributed by atoms with van der Waals surface area (Å²) in [7, 11) is 1.37. The summed E-state index contributed by atoms with van der Waals surface area (Å²) in [4.78, 5) is 28.1. The maximum absolute atomic E-state index is 13.4. The summed E-state index contributed by atoms with van der Waals surface area (Å²) in [5.41, 5.74) is 1.21. The van der Waals surface area contributed by atoms with E-state index in [1.165, 1.54) is 24.1 Å². The molecule has 3 aromatic carbocycles. The molecule has 188 valence electrons. The van der Waals surface area contributed by atoms with Crippen LogP contribution < -0.4 is 14.4 Å². The molecule has 1 aliphatic rings. The molecule has 1 heterocycles. The van der Waals surface area contributed by atoms with Crippen LogP contribution in [0.5, 0.6) is 11.5 Å². The highest BCUT2D eigenvalue weighted by Crippen LogP contribution is 2.45. The Kier molecular flexibility index (Phi) is 7.72. The van der Waals surface area contributed by atoms with E-state index in [1.807, 2.05) is 13.0 Å². The average Bonchev–Trinajstić information content (AvgIpc) is 3.17. The number of nitrogens with zero attached hydrogens (tertiary/aromatic N) is 2. The van der Waals surface area contributed by atoms with Crippen LogP contribution in [0.15, 0.2) is 66.2 Å². The lowest BCUT2D eigenvalue weighted by molar-refractivity contribution is -0.132. The van der Waals surface area contributed by atoms with Gasteiger partial charge in [0.1, 0.15) is 17.3 Å². The summed E-state index contributed by atoms with van der Waals surface area (Å²) in [5.74, 6) is -1.58. The highest BCUT2D eigenvalue weighted by atomic mass is 35.5. The molecule has 37 heavy (non-hydrogen) atoms. The van der Waals surface area contributed by atoms with Crippen LogP contribution in [0, 0.1) is 11.3 Å². The van der Waals surface area contributed by atoms with Crippen molar-refractivity contribution in [2.75, 3.05) is 18.6 Å². The standard InChI is InChI=1S/C28H22Cl2N2O5/c1-3-11-37-20-6-4-5-17(12-20)24-23(25(33)21-13-18(29)14-22(30)27(21)36-2)26(34)28(35)32(24)19-9-7-16(15-31)8-10-19/h4-10,12-14,24,33H,3,11H2,1-2H3/b25-23+. The molecule has 0 saturated carbocycles. The van der Waals surface area contributed by atoms with Crippen molar-refractivity contribution in [3.63, 3.8) is 0 Å². The number of benzene rings is 3. The molecule has 1 N–H and O–H groups in total. The first-order chi connectivity index (χ1) is 17.8. The van der Waals surface area contributed by atoms with Crippen LogP contribution in [-0.4, -0.2) is 30.5 Å². The van der Waals surface area contributed by atoms with Gasteiger partial charge < -0.3 is 14.6 Å². The number of carbonyl (C=O) groups is 2. The van der Waals surface area contributed by atoms with E-state index in [0.717, 1.165) is 6.42 Å². The fraction of sp³-hybridized carbons (Fsp3) is 0.179. The van der Waals surface area contributed by atoms with Crippen molar-refractivity contribution in [2.45, 2.75) is 19.4 Å². The first-order valence-corrected chi connectivity index (χ1v) is 12.1. The molecule has 4 rings (SSSR count). The van der Waals surface area contributed by atoms with Gasteiger partial charge in [0.25, 0.3) is 11.7 Å². The van der Waals surface area contributed by atoms with Crippen LogP contribution in [0.3, 0.4) is 0 Å². The molecule has 1 amide bonds. The Morgan fingerprint density at radius 3 is 2.49 bits per heavy atom. The van der Waals surface area contributed by atoms with Crippen LogP contribution >= 0.6 is 23.2 Å². The highest BCUT2D eigenvalue weighted by Gasteiger charge is 2.47. The molecule has 1 unspecified atom stereocenters. The van der Waals surface area contributed by atoms with Gasteiger partial charge in [-0.2, -0.15) is 5.26 Å². The van der Waals surface area contributed by atoms with E-state index in [4.69, 9.17) is 32.7 Å². The number of carbonyl (C=O) groups excluding carboxylic acids is 2. The SMILES string of the molecule is CCCOc1cccc(C2/C(=C(\O)c3cc(Cl)cc(Cl)c3OC)C(=O)C(=O)N2c2ccc(C#N)cc2)c1. The number of halogens is 2. The third kappa shape index (κ3) is 4.99. The minimum atomic E-state index is -1.01. The quantitative estimate of drug-likeness (QED) is 0.216. The van der Waals surface area contributed by atoms with Crippen molar-refractivity contribution in [1.82, 2.24) is 0 Å². The third-order valence-electron chi connectivity index (χ3n) is 5.83. The van der Waals surface area contributed by atoms with E-state index in [9.17, 15) is 20.0 Å². The second-order valence-electron chi connectivity index (χ2n) is 8.22. The molecular formula is C28H22Cl2N2O5. The maximum Gasteiger partial charge on any atom is 0.300 e. The molecule has 0 bridgehead atoms. The minimum absolute atomic E-state index is 0.0706. The van der Waals surface area contributed by atoms with Gasteiger partial charge in [-0.1, -0.05) is 42.3 Å². The van der Waals surface area contributed by atoms with Crippen LogP contribution in [0.25, 0.3) is 5.76 Å². The molecule has 1 atom stereocenters. The van der Waals surface area contributed by atoms with Gasteiger partial charge >= 0.3 is 0 Å². The van der Waals surface area contributed by atoms with Crippen molar-refractivity contribution in [1.29, 1.82) is 5.26 Å². The zero-order valence-electron chi connectivity index (χ0n) is 20.0. The average molecular weight is 537 g/mol.